The van der Waals surface area contributed by atoms with Crippen LogP contribution in [0.1, 0.15) is 42.5 Å². The Hall–Kier alpha value is -2.57. The third-order valence-corrected chi connectivity index (χ3v) is 6.30. The summed E-state index contributed by atoms with van der Waals surface area (Å²) in [5.74, 6) is 1.05. The summed E-state index contributed by atoms with van der Waals surface area (Å²) >= 11 is 3.42. The number of hydrogen-bond donors (Lipinski definition) is 2. The molecule has 0 aliphatic heterocycles. The van der Waals surface area contributed by atoms with Gasteiger partial charge in [0.05, 0.1) is 30.6 Å². The molecule has 0 spiro atoms. The van der Waals surface area contributed by atoms with E-state index in [0.29, 0.717) is 18.2 Å². The molecule has 160 valence electrons. The number of hydrogen-bond acceptors (Lipinski definition) is 4. The Morgan fingerprint density at radius 1 is 1.03 bits per heavy atom. The molecular weight excluding hydrogens is 454 g/mol. The Kier molecular flexibility index (Phi) is 7.10. The second-order valence-electron chi connectivity index (χ2n) is 8.11. The van der Waals surface area contributed by atoms with Gasteiger partial charge >= 0.3 is 0 Å². The zero-order valence-corrected chi connectivity index (χ0v) is 18.9. The van der Waals surface area contributed by atoms with Gasteiger partial charge in [-0.05, 0) is 35.6 Å². The average Bonchev–Trinajstić information content (AvgIpc) is 3.30. The van der Waals surface area contributed by atoms with Gasteiger partial charge < -0.3 is 10.4 Å². The number of halogens is 1. The Morgan fingerprint density at radius 3 is 2.39 bits per heavy atom. The normalized spacial score (nSPS) is 14.0. The molecule has 2 N–H and O–H groups in total. The first kappa shape index (κ1) is 21.7. The molecule has 0 unspecified atom stereocenters. The van der Waals surface area contributed by atoms with Crippen LogP contribution in [0.2, 0.25) is 0 Å². The van der Waals surface area contributed by atoms with E-state index >= 15 is 0 Å². The van der Waals surface area contributed by atoms with Gasteiger partial charge in [-0.25, -0.2) is 9.97 Å². The number of anilines is 1. The predicted molar refractivity (Wildman–Crippen MR) is 126 cm³/mol. The molecule has 1 saturated carbocycles. The van der Waals surface area contributed by atoms with Crippen molar-refractivity contribution in [1.82, 2.24) is 9.97 Å². The molecule has 0 bridgehead atoms. The average molecular weight is 480 g/mol. The molecule has 0 atom stereocenters. The smallest absolute Gasteiger partial charge is 0.229 e. The molecular formula is C25H26BrN3O2. The highest BCUT2D eigenvalue weighted by Gasteiger charge is 2.20. The summed E-state index contributed by atoms with van der Waals surface area (Å²) in [6, 6.07) is 15.4. The zero-order chi connectivity index (χ0) is 21.6. The van der Waals surface area contributed by atoms with Crippen molar-refractivity contribution in [3.05, 3.63) is 76.0 Å². The number of aliphatic hydroxyl groups excluding tert-OH is 1. The maximum absolute atomic E-state index is 12.7. The lowest BCUT2D eigenvalue weighted by Crippen LogP contribution is -2.18. The Morgan fingerprint density at radius 2 is 1.71 bits per heavy atom. The highest BCUT2D eigenvalue weighted by atomic mass is 79.9. The lowest BCUT2D eigenvalue weighted by molar-refractivity contribution is -0.115. The maximum Gasteiger partial charge on any atom is 0.229 e. The van der Waals surface area contributed by atoms with Crippen LogP contribution in [-0.2, 0) is 24.2 Å². The van der Waals surface area contributed by atoms with Crippen LogP contribution >= 0.6 is 15.9 Å². The molecule has 1 amide bonds. The van der Waals surface area contributed by atoms with E-state index in [1.807, 2.05) is 48.5 Å². The fraction of sp³-hybridized carbons (Fsp3) is 0.320. The van der Waals surface area contributed by atoms with Crippen LogP contribution in [0.4, 0.5) is 5.82 Å². The van der Waals surface area contributed by atoms with Gasteiger partial charge in [-0.1, -0.05) is 78.0 Å². The van der Waals surface area contributed by atoms with E-state index in [4.69, 9.17) is 4.98 Å². The van der Waals surface area contributed by atoms with Crippen LogP contribution in [0.5, 0.6) is 0 Å². The lowest BCUT2D eigenvalue weighted by Gasteiger charge is -2.14. The van der Waals surface area contributed by atoms with Gasteiger partial charge in [-0.3, -0.25) is 4.79 Å². The van der Waals surface area contributed by atoms with Crippen molar-refractivity contribution in [1.29, 1.82) is 0 Å². The highest BCUT2D eigenvalue weighted by molar-refractivity contribution is 9.10. The number of aliphatic hydroxyl groups is 1. The van der Waals surface area contributed by atoms with Crippen LogP contribution in [0.3, 0.4) is 0 Å². The fourth-order valence-electron chi connectivity index (χ4n) is 4.05. The summed E-state index contributed by atoms with van der Waals surface area (Å²) in [6.07, 6.45) is 7.73. The number of carbonyl (C=O) groups is 1. The Balaban J connectivity index is 1.55. The molecule has 1 aliphatic carbocycles. The molecule has 4 rings (SSSR count). The molecule has 1 aromatic heterocycles. The lowest BCUT2D eigenvalue weighted by atomic mass is 10.0. The quantitative estimate of drug-likeness (QED) is 0.481. The monoisotopic (exact) mass is 479 g/mol. The summed E-state index contributed by atoms with van der Waals surface area (Å²) < 4.78 is 0.990. The minimum Gasteiger partial charge on any atom is -0.392 e. The van der Waals surface area contributed by atoms with Gasteiger partial charge in [-0.2, -0.15) is 0 Å². The summed E-state index contributed by atoms with van der Waals surface area (Å²) in [6.45, 7) is 0.0161. The van der Waals surface area contributed by atoms with Gasteiger partial charge in [-0.15, -0.1) is 0 Å². The number of rotatable bonds is 7. The first-order chi connectivity index (χ1) is 15.1. The largest absolute Gasteiger partial charge is 0.392 e. The standard InChI is InChI=1S/C25H26BrN3O2/c26-21-11-7-18(8-12-21)14-24(31)29-25-22(13-17-3-1-2-4-17)28-23(15-27-25)20-9-5-19(16-30)6-10-20/h5-12,15,17,30H,1-4,13-14,16H2,(H,27,29,31). The van der Waals surface area contributed by atoms with Crippen LogP contribution in [-0.4, -0.2) is 21.0 Å². The molecule has 1 fully saturated rings. The van der Waals surface area contributed by atoms with Gasteiger partial charge in [0.2, 0.25) is 5.91 Å². The Bertz CT molecular complexity index is 1030. The van der Waals surface area contributed by atoms with Crippen molar-refractivity contribution < 1.29 is 9.90 Å². The van der Waals surface area contributed by atoms with E-state index in [-0.39, 0.29) is 12.5 Å². The van der Waals surface area contributed by atoms with Crippen LogP contribution in [0.15, 0.2) is 59.2 Å². The van der Waals surface area contributed by atoms with Crippen molar-refractivity contribution >= 4 is 27.7 Å². The van der Waals surface area contributed by atoms with Gasteiger partial charge in [0, 0.05) is 10.0 Å². The van der Waals surface area contributed by atoms with E-state index in [1.54, 1.807) is 6.20 Å². The first-order valence-corrected chi connectivity index (χ1v) is 11.5. The van der Waals surface area contributed by atoms with Crippen molar-refractivity contribution in [3.8, 4) is 11.3 Å². The highest BCUT2D eigenvalue weighted by Crippen LogP contribution is 2.30. The van der Waals surface area contributed by atoms with Gasteiger partial charge in [0.25, 0.3) is 0 Å². The second-order valence-corrected chi connectivity index (χ2v) is 9.03. The van der Waals surface area contributed by atoms with Crippen molar-refractivity contribution in [2.24, 2.45) is 5.92 Å². The molecule has 5 nitrogen and oxygen atoms in total. The Labute approximate surface area is 191 Å². The third kappa shape index (κ3) is 5.77. The number of nitrogens with zero attached hydrogens (tertiary/aromatic N) is 2. The number of benzene rings is 2. The van der Waals surface area contributed by atoms with E-state index in [0.717, 1.165) is 39.0 Å². The van der Waals surface area contributed by atoms with Crippen molar-refractivity contribution in [2.45, 2.75) is 45.1 Å². The molecule has 2 aromatic carbocycles. The van der Waals surface area contributed by atoms with E-state index in [1.165, 1.54) is 25.7 Å². The molecule has 1 heterocycles. The minimum atomic E-state index is -0.0932. The predicted octanol–water partition coefficient (Wildman–Crippen LogP) is 5.31. The summed E-state index contributed by atoms with van der Waals surface area (Å²) in [4.78, 5) is 22.1. The van der Waals surface area contributed by atoms with Gasteiger partial charge in [0.15, 0.2) is 5.82 Å². The molecule has 3 aromatic rings. The molecule has 6 heteroatoms. The minimum absolute atomic E-state index is 0.0161. The van der Waals surface area contributed by atoms with Crippen LogP contribution < -0.4 is 5.32 Å². The third-order valence-electron chi connectivity index (χ3n) is 5.77. The van der Waals surface area contributed by atoms with E-state index < -0.39 is 0 Å². The second kappa shape index (κ2) is 10.2. The van der Waals surface area contributed by atoms with E-state index in [9.17, 15) is 9.90 Å². The molecule has 1 aliphatic rings. The number of carbonyl (C=O) groups excluding carboxylic acids is 1. The topological polar surface area (TPSA) is 75.1 Å². The van der Waals surface area contributed by atoms with Crippen molar-refractivity contribution in [3.63, 3.8) is 0 Å². The fourth-order valence-corrected chi connectivity index (χ4v) is 4.31. The maximum atomic E-state index is 12.7. The van der Waals surface area contributed by atoms with Crippen LogP contribution in [0, 0.1) is 5.92 Å². The number of amides is 1. The van der Waals surface area contributed by atoms with Gasteiger partial charge in [0.1, 0.15) is 0 Å². The molecule has 0 saturated heterocycles. The van der Waals surface area contributed by atoms with Crippen LogP contribution in [0.25, 0.3) is 11.3 Å². The first-order valence-electron chi connectivity index (χ1n) is 10.7. The summed E-state index contributed by atoms with van der Waals surface area (Å²) in [5.41, 5.74) is 4.39. The summed E-state index contributed by atoms with van der Waals surface area (Å²) in [7, 11) is 0. The zero-order valence-electron chi connectivity index (χ0n) is 17.4. The molecule has 0 radical (unpaired) electrons. The SMILES string of the molecule is O=C(Cc1ccc(Br)cc1)Nc1ncc(-c2ccc(CO)cc2)nc1CC1CCCC1. The number of aromatic nitrogens is 2. The van der Waals surface area contributed by atoms with E-state index in [2.05, 4.69) is 26.2 Å². The molecule has 31 heavy (non-hydrogen) atoms. The van der Waals surface area contributed by atoms with Crippen molar-refractivity contribution in [2.75, 3.05) is 5.32 Å². The summed E-state index contributed by atoms with van der Waals surface area (Å²) in [5, 5.41) is 12.3. The number of nitrogens with one attached hydrogen (secondary N) is 1.